The Hall–Kier alpha value is -3.46. The van der Waals surface area contributed by atoms with Crippen molar-refractivity contribution < 1.29 is 15.3 Å². The molecule has 0 fully saturated rings. The average molecular weight is 360 g/mol. The van der Waals surface area contributed by atoms with Crippen LogP contribution in [0, 0.1) is 0 Å². The van der Waals surface area contributed by atoms with Crippen molar-refractivity contribution in [2.45, 2.75) is 12.8 Å². The molecule has 0 aliphatic rings. The minimum atomic E-state index is 0.230. The van der Waals surface area contributed by atoms with E-state index in [2.05, 4.69) is 13.2 Å². The van der Waals surface area contributed by atoms with Gasteiger partial charge in [0.15, 0.2) is 0 Å². The first kappa shape index (κ1) is 19.9. The fourth-order valence-corrected chi connectivity index (χ4v) is 2.61. The Labute approximate surface area is 160 Å². The Bertz CT molecular complexity index is 899. The Morgan fingerprint density at radius 1 is 0.704 bits per heavy atom. The Balaban J connectivity index is 0.000000313. The molecule has 0 atom stereocenters. The average Bonchev–Trinajstić information content (AvgIpc) is 2.67. The Morgan fingerprint density at radius 3 is 1.96 bits per heavy atom. The first-order valence-corrected chi connectivity index (χ1v) is 8.65. The van der Waals surface area contributed by atoms with Crippen LogP contribution in [0.2, 0.25) is 0 Å². The summed E-state index contributed by atoms with van der Waals surface area (Å²) in [5, 5.41) is 28.5. The number of allylic oxidation sites excluding steroid dienone is 2. The summed E-state index contributed by atoms with van der Waals surface area (Å²) in [4.78, 5) is 0. The normalized spacial score (nSPS) is 9.78. The van der Waals surface area contributed by atoms with Crippen LogP contribution in [0.3, 0.4) is 0 Å². The van der Waals surface area contributed by atoms with Crippen molar-refractivity contribution in [3.05, 3.63) is 103 Å². The van der Waals surface area contributed by atoms with Gasteiger partial charge in [0.25, 0.3) is 0 Å². The van der Waals surface area contributed by atoms with Crippen LogP contribution in [0.4, 0.5) is 0 Å². The molecular weight excluding hydrogens is 336 g/mol. The second-order valence-electron chi connectivity index (χ2n) is 6.02. The molecule has 27 heavy (non-hydrogen) atoms. The van der Waals surface area contributed by atoms with Crippen molar-refractivity contribution in [2.75, 3.05) is 0 Å². The van der Waals surface area contributed by atoms with Gasteiger partial charge in [-0.15, -0.1) is 13.2 Å². The molecule has 0 amide bonds. The summed E-state index contributed by atoms with van der Waals surface area (Å²) in [6.07, 6.45) is 4.92. The fraction of sp³-hybridized carbons (Fsp3) is 0.0833. The highest BCUT2D eigenvalue weighted by Gasteiger charge is 2.08. The van der Waals surface area contributed by atoms with Crippen LogP contribution in [0.15, 0.2) is 92.0 Å². The van der Waals surface area contributed by atoms with Gasteiger partial charge in [-0.25, -0.2) is 0 Å². The lowest BCUT2D eigenvalue weighted by molar-refractivity contribution is 0.469. The fourth-order valence-electron chi connectivity index (χ4n) is 2.61. The molecule has 3 rings (SSSR count). The highest BCUT2D eigenvalue weighted by Crippen LogP contribution is 2.33. The van der Waals surface area contributed by atoms with Crippen LogP contribution in [0.5, 0.6) is 17.2 Å². The van der Waals surface area contributed by atoms with E-state index in [0.29, 0.717) is 12.2 Å². The van der Waals surface area contributed by atoms with Gasteiger partial charge < -0.3 is 15.3 Å². The molecule has 0 bridgehead atoms. The molecule has 0 saturated heterocycles. The first-order chi connectivity index (χ1) is 13.0. The predicted octanol–water partition coefficient (Wildman–Crippen LogP) is 5.61. The molecule has 3 nitrogen and oxygen atoms in total. The van der Waals surface area contributed by atoms with Crippen molar-refractivity contribution in [1.82, 2.24) is 0 Å². The third-order valence-electron chi connectivity index (χ3n) is 3.95. The van der Waals surface area contributed by atoms with Gasteiger partial charge in [-0.05, 0) is 65.9 Å². The third-order valence-corrected chi connectivity index (χ3v) is 3.95. The van der Waals surface area contributed by atoms with Crippen molar-refractivity contribution in [3.8, 4) is 28.4 Å². The van der Waals surface area contributed by atoms with Crippen LogP contribution in [-0.2, 0) is 12.8 Å². The zero-order valence-electron chi connectivity index (χ0n) is 15.2. The highest BCUT2D eigenvalue weighted by molar-refractivity contribution is 5.72. The number of hydrogen-bond donors (Lipinski definition) is 3. The number of aromatic hydroxyl groups is 3. The summed E-state index contributed by atoms with van der Waals surface area (Å²) in [5.41, 5.74) is 3.52. The van der Waals surface area contributed by atoms with Crippen molar-refractivity contribution in [1.29, 1.82) is 0 Å². The molecule has 0 heterocycles. The number of para-hydroxylation sites is 1. The summed E-state index contributed by atoms with van der Waals surface area (Å²) >= 11 is 0. The largest absolute Gasteiger partial charge is 0.508 e. The monoisotopic (exact) mass is 360 g/mol. The van der Waals surface area contributed by atoms with Crippen LogP contribution < -0.4 is 0 Å². The summed E-state index contributed by atoms with van der Waals surface area (Å²) in [6.45, 7) is 7.41. The second-order valence-corrected chi connectivity index (χ2v) is 6.02. The molecular formula is C24H24O3. The van der Waals surface area contributed by atoms with E-state index in [4.69, 9.17) is 5.11 Å². The van der Waals surface area contributed by atoms with Gasteiger partial charge in [-0.3, -0.25) is 0 Å². The van der Waals surface area contributed by atoms with Crippen LogP contribution in [0.25, 0.3) is 11.1 Å². The SMILES string of the molecule is C=CCc1ccc(O)c(-c2ccc(O)c(CC=C)c2)c1.Oc1ccccc1. The third kappa shape index (κ3) is 5.79. The minimum absolute atomic E-state index is 0.230. The number of phenols is 3. The topological polar surface area (TPSA) is 60.7 Å². The molecule has 0 spiro atoms. The molecule has 3 N–H and O–H groups in total. The molecule has 3 aromatic rings. The van der Waals surface area contributed by atoms with Gasteiger partial charge in [0.1, 0.15) is 17.2 Å². The van der Waals surface area contributed by atoms with Gasteiger partial charge in [-0.2, -0.15) is 0 Å². The van der Waals surface area contributed by atoms with Gasteiger partial charge in [0.2, 0.25) is 0 Å². The maximum absolute atomic E-state index is 10.0. The molecule has 0 aliphatic carbocycles. The standard InChI is InChI=1S/C18H18O2.C6H6O/c1-3-5-13-7-9-18(20)16(11-13)14-8-10-17(19)15(12-14)6-4-2;7-6-4-2-1-3-5-6/h3-4,7-12,19-20H,1-2,5-6H2;1-5,7H. The van der Waals surface area contributed by atoms with Crippen LogP contribution in [-0.4, -0.2) is 15.3 Å². The van der Waals surface area contributed by atoms with Crippen LogP contribution in [0.1, 0.15) is 11.1 Å². The maximum atomic E-state index is 10.0. The quantitative estimate of drug-likeness (QED) is 0.518. The number of benzene rings is 3. The minimum Gasteiger partial charge on any atom is -0.508 e. The Kier molecular flexibility index (Phi) is 7.26. The van der Waals surface area contributed by atoms with E-state index in [1.165, 1.54) is 0 Å². The van der Waals surface area contributed by atoms with Gasteiger partial charge in [-0.1, -0.05) is 42.5 Å². The molecule has 0 radical (unpaired) electrons. The van der Waals surface area contributed by atoms with E-state index in [1.807, 2.05) is 30.3 Å². The van der Waals surface area contributed by atoms with Gasteiger partial charge in [0, 0.05) is 5.56 Å². The van der Waals surface area contributed by atoms with Gasteiger partial charge >= 0.3 is 0 Å². The van der Waals surface area contributed by atoms with E-state index in [0.717, 1.165) is 28.7 Å². The van der Waals surface area contributed by atoms with E-state index in [-0.39, 0.29) is 11.5 Å². The van der Waals surface area contributed by atoms with E-state index in [1.54, 1.807) is 48.5 Å². The molecule has 138 valence electrons. The summed E-state index contributed by atoms with van der Waals surface area (Å²) < 4.78 is 0. The highest BCUT2D eigenvalue weighted by atomic mass is 16.3. The predicted molar refractivity (Wildman–Crippen MR) is 111 cm³/mol. The molecule has 0 aromatic heterocycles. The summed E-state index contributed by atoms with van der Waals surface area (Å²) in [5.74, 6) is 0.797. The second kappa shape index (κ2) is 9.88. The van der Waals surface area contributed by atoms with Crippen molar-refractivity contribution >= 4 is 0 Å². The number of hydrogen-bond acceptors (Lipinski definition) is 3. The van der Waals surface area contributed by atoms with Gasteiger partial charge in [0.05, 0.1) is 0 Å². The number of rotatable bonds is 5. The molecule has 0 unspecified atom stereocenters. The van der Waals surface area contributed by atoms with Crippen LogP contribution >= 0.6 is 0 Å². The van der Waals surface area contributed by atoms with Crippen molar-refractivity contribution in [3.63, 3.8) is 0 Å². The smallest absolute Gasteiger partial charge is 0.123 e. The summed E-state index contributed by atoms with van der Waals surface area (Å²) in [6, 6.07) is 19.6. The molecule has 0 saturated carbocycles. The lowest BCUT2D eigenvalue weighted by Gasteiger charge is -2.10. The zero-order chi connectivity index (χ0) is 19.6. The lowest BCUT2D eigenvalue weighted by atomic mass is 9.97. The molecule has 3 heteroatoms. The molecule has 3 aromatic carbocycles. The summed E-state index contributed by atoms with van der Waals surface area (Å²) in [7, 11) is 0. The van der Waals surface area contributed by atoms with E-state index in [9.17, 15) is 10.2 Å². The van der Waals surface area contributed by atoms with E-state index < -0.39 is 0 Å². The first-order valence-electron chi connectivity index (χ1n) is 8.65. The maximum Gasteiger partial charge on any atom is 0.123 e. The van der Waals surface area contributed by atoms with E-state index >= 15 is 0 Å². The lowest BCUT2D eigenvalue weighted by Crippen LogP contribution is -1.88. The Morgan fingerprint density at radius 2 is 1.37 bits per heavy atom. The zero-order valence-corrected chi connectivity index (χ0v) is 15.2. The van der Waals surface area contributed by atoms with Crippen molar-refractivity contribution in [2.24, 2.45) is 0 Å². The molecule has 0 aliphatic heterocycles. The number of phenolic OH excluding ortho intramolecular Hbond substituents is 3.